The molecule has 1 aromatic heterocycles. The first-order valence-corrected chi connectivity index (χ1v) is 16.5. The monoisotopic (exact) mass is 553 g/mol. The molecule has 4 fully saturated rings. The van der Waals surface area contributed by atoms with Crippen LogP contribution in [0.2, 0.25) is 0 Å². The van der Waals surface area contributed by atoms with E-state index in [0.717, 1.165) is 38.2 Å². The number of nitrogens with one attached hydrogen (secondary N) is 2. The van der Waals surface area contributed by atoms with E-state index < -0.39 is 5.97 Å². The summed E-state index contributed by atoms with van der Waals surface area (Å²) in [4.78, 5) is 15.6. The lowest BCUT2D eigenvalue weighted by molar-refractivity contribution is -0.167. The van der Waals surface area contributed by atoms with Gasteiger partial charge in [0.2, 0.25) is 0 Å². The smallest absolute Gasteiger partial charge is 0.303 e. The molecule has 40 heavy (non-hydrogen) atoms. The van der Waals surface area contributed by atoms with E-state index in [1.54, 1.807) is 0 Å². The first-order valence-electron chi connectivity index (χ1n) is 16.5. The summed E-state index contributed by atoms with van der Waals surface area (Å²) in [7, 11) is 0. The molecule has 0 amide bonds. The maximum absolute atomic E-state index is 11.7. The van der Waals surface area contributed by atoms with E-state index in [-0.39, 0.29) is 17.9 Å². The molecule has 4 aliphatic rings. The van der Waals surface area contributed by atoms with Crippen LogP contribution in [0.1, 0.15) is 104 Å². The predicted octanol–water partition coefficient (Wildman–Crippen LogP) is 6.04. The van der Waals surface area contributed by atoms with Crippen LogP contribution in [0.4, 0.5) is 0 Å². The molecular weight excluding hydrogens is 498 g/mol. The second-order valence-corrected chi connectivity index (χ2v) is 14.6. The fourth-order valence-corrected chi connectivity index (χ4v) is 10.3. The van der Waals surface area contributed by atoms with E-state index in [2.05, 4.69) is 42.5 Å². The molecule has 4 aliphatic carbocycles. The van der Waals surface area contributed by atoms with Crippen molar-refractivity contribution in [2.24, 2.45) is 46.3 Å². The van der Waals surface area contributed by atoms with Gasteiger partial charge in [0, 0.05) is 25.2 Å². The van der Waals surface area contributed by atoms with Gasteiger partial charge in [-0.1, -0.05) is 26.8 Å². The van der Waals surface area contributed by atoms with Crippen LogP contribution in [0.5, 0.6) is 0 Å². The zero-order chi connectivity index (χ0) is 28.3. The van der Waals surface area contributed by atoms with Crippen molar-refractivity contribution in [3.63, 3.8) is 0 Å². The summed E-state index contributed by atoms with van der Waals surface area (Å²) in [6, 6.07) is 6.65. The van der Waals surface area contributed by atoms with Gasteiger partial charge in [-0.3, -0.25) is 9.78 Å². The molecule has 1 heterocycles. The number of aliphatic carboxylic acids is 1. The Balaban J connectivity index is 1.10. The SMILES string of the molecule is C[C@H](CCC(=O)O)[C@H]1CCC2C3C(CC[C@@]21C)[C@@]1(C)CCC(NCCCCNCc2ccccn2)C[C@@H]1C[C@H]3O. The summed E-state index contributed by atoms with van der Waals surface area (Å²) in [5, 5.41) is 28.3. The number of hydrogen-bond donors (Lipinski definition) is 4. The number of hydrogen-bond acceptors (Lipinski definition) is 5. The highest BCUT2D eigenvalue weighted by atomic mass is 16.4. The number of rotatable bonds is 12. The summed E-state index contributed by atoms with van der Waals surface area (Å²) in [5.41, 5.74) is 1.71. The van der Waals surface area contributed by atoms with Gasteiger partial charge in [-0.25, -0.2) is 0 Å². The quantitative estimate of drug-likeness (QED) is 0.236. The lowest BCUT2D eigenvalue weighted by Gasteiger charge is -2.62. The average Bonchev–Trinajstić information content (AvgIpc) is 3.29. The van der Waals surface area contributed by atoms with Gasteiger partial charge in [0.15, 0.2) is 0 Å². The molecule has 0 bridgehead atoms. The zero-order valence-electron chi connectivity index (χ0n) is 25.3. The van der Waals surface area contributed by atoms with Gasteiger partial charge in [-0.15, -0.1) is 0 Å². The number of carbonyl (C=O) groups is 1. The average molecular weight is 554 g/mol. The van der Waals surface area contributed by atoms with Crippen LogP contribution in [-0.2, 0) is 11.3 Å². The van der Waals surface area contributed by atoms with Crippen LogP contribution in [0, 0.1) is 46.3 Å². The Morgan fingerprint density at radius 3 is 2.60 bits per heavy atom. The topological polar surface area (TPSA) is 94.5 Å². The minimum absolute atomic E-state index is 0.176. The Hall–Kier alpha value is -1.50. The minimum Gasteiger partial charge on any atom is -0.481 e. The van der Waals surface area contributed by atoms with E-state index in [0.29, 0.717) is 47.0 Å². The molecule has 0 radical (unpaired) electrons. The third-order valence-electron chi connectivity index (χ3n) is 12.5. The molecule has 1 aromatic rings. The number of nitrogens with zero attached hydrogens (tertiary/aromatic N) is 1. The van der Waals surface area contributed by atoms with Crippen LogP contribution in [0.25, 0.3) is 0 Å². The van der Waals surface area contributed by atoms with Gasteiger partial charge in [-0.2, -0.15) is 0 Å². The van der Waals surface area contributed by atoms with Crippen molar-refractivity contribution in [3.05, 3.63) is 30.1 Å². The molecule has 6 heteroatoms. The van der Waals surface area contributed by atoms with Gasteiger partial charge >= 0.3 is 5.97 Å². The Kier molecular flexibility index (Phi) is 9.58. The maximum Gasteiger partial charge on any atom is 0.303 e. The Labute approximate surface area is 242 Å². The molecule has 4 unspecified atom stereocenters. The molecule has 4 N–H and O–H groups in total. The third-order valence-corrected chi connectivity index (χ3v) is 12.5. The van der Waals surface area contributed by atoms with E-state index >= 15 is 0 Å². The molecule has 5 rings (SSSR count). The first kappa shape index (κ1) is 30.0. The van der Waals surface area contributed by atoms with Crippen LogP contribution in [0.15, 0.2) is 24.4 Å². The number of carboxylic acids is 1. The third kappa shape index (κ3) is 6.15. The van der Waals surface area contributed by atoms with Crippen LogP contribution in [-0.4, -0.2) is 46.4 Å². The fraction of sp³-hybridized carbons (Fsp3) is 0.824. The van der Waals surface area contributed by atoms with Crippen LogP contribution >= 0.6 is 0 Å². The molecule has 0 spiro atoms. The zero-order valence-corrected chi connectivity index (χ0v) is 25.3. The molecular formula is C34H55N3O3. The van der Waals surface area contributed by atoms with E-state index in [1.165, 1.54) is 57.8 Å². The number of carboxylic acid groups (broad SMARTS) is 1. The molecule has 4 saturated carbocycles. The first-order chi connectivity index (χ1) is 19.2. The van der Waals surface area contributed by atoms with Gasteiger partial charge in [0.1, 0.15) is 0 Å². The highest BCUT2D eigenvalue weighted by Gasteiger charge is 2.62. The number of unbranched alkanes of at least 4 members (excludes halogenated alkanes) is 1. The van der Waals surface area contributed by atoms with Gasteiger partial charge in [0.25, 0.3) is 0 Å². The number of fused-ring (bicyclic) bond motifs is 5. The largest absolute Gasteiger partial charge is 0.481 e. The summed E-state index contributed by atoms with van der Waals surface area (Å²) in [5.74, 6) is 2.66. The highest BCUT2D eigenvalue weighted by molar-refractivity contribution is 5.66. The molecule has 6 nitrogen and oxygen atoms in total. The van der Waals surface area contributed by atoms with Crippen molar-refractivity contribution in [1.82, 2.24) is 15.6 Å². The minimum atomic E-state index is -0.671. The summed E-state index contributed by atoms with van der Waals surface area (Å²) < 4.78 is 0. The molecule has 0 aromatic carbocycles. The van der Waals surface area contributed by atoms with Gasteiger partial charge in [-0.05, 0) is 142 Å². The van der Waals surface area contributed by atoms with Crippen LogP contribution in [0.3, 0.4) is 0 Å². The Bertz CT molecular complexity index is 974. The molecule has 224 valence electrons. The van der Waals surface area contributed by atoms with E-state index in [4.69, 9.17) is 0 Å². The normalized spacial score (nSPS) is 39.6. The number of pyridine rings is 1. The number of aliphatic hydroxyl groups is 1. The van der Waals surface area contributed by atoms with Gasteiger partial charge < -0.3 is 20.8 Å². The van der Waals surface area contributed by atoms with Crippen molar-refractivity contribution in [3.8, 4) is 0 Å². The van der Waals surface area contributed by atoms with Crippen molar-refractivity contribution in [2.45, 2.75) is 117 Å². The fourth-order valence-electron chi connectivity index (χ4n) is 10.3. The number of aromatic nitrogens is 1. The predicted molar refractivity (Wildman–Crippen MR) is 160 cm³/mol. The Morgan fingerprint density at radius 2 is 1.82 bits per heavy atom. The van der Waals surface area contributed by atoms with Gasteiger partial charge in [0.05, 0.1) is 11.8 Å². The highest BCUT2D eigenvalue weighted by Crippen LogP contribution is 2.68. The second kappa shape index (κ2) is 12.8. The molecule has 10 atom stereocenters. The molecule has 0 aliphatic heterocycles. The number of aliphatic hydroxyl groups excluding tert-OH is 1. The van der Waals surface area contributed by atoms with Crippen molar-refractivity contribution < 1.29 is 15.0 Å². The van der Waals surface area contributed by atoms with E-state index in [1.807, 2.05) is 18.3 Å². The maximum atomic E-state index is 11.7. The lowest BCUT2D eigenvalue weighted by atomic mass is 9.43. The van der Waals surface area contributed by atoms with Crippen molar-refractivity contribution in [2.75, 3.05) is 13.1 Å². The lowest BCUT2D eigenvalue weighted by Crippen LogP contribution is -2.59. The Morgan fingerprint density at radius 1 is 1.05 bits per heavy atom. The van der Waals surface area contributed by atoms with Crippen molar-refractivity contribution in [1.29, 1.82) is 0 Å². The van der Waals surface area contributed by atoms with Crippen LogP contribution < -0.4 is 10.6 Å². The standard InChI is InChI=1S/C34H55N3O3/c1-23(9-12-31(39)40)27-10-11-28-32-29(14-16-34(27,28)3)33(2)15-13-25(20-24(33)21-30(32)38)36-19-7-6-17-35-22-26-8-4-5-18-37-26/h4-5,8,18,23-25,27-30,32,35-36,38H,6-7,9-17,19-22H2,1-3H3,(H,39,40)/t23-,24-,25?,27-,28?,29?,30-,32?,33+,34-/m1/s1. The van der Waals surface area contributed by atoms with Crippen molar-refractivity contribution >= 4 is 5.97 Å². The summed E-state index contributed by atoms with van der Waals surface area (Å²) in [6.45, 7) is 10.3. The second-order valence-electron chi connectivity index (χ2n) is 14.6. The molecule has 0 saturated heterocycles. The summed E-state index contributed by atoms with van der Waals surface area (Å²) in [6.07, 6.45) is 14.8. The van der Waals surface area contributed by atoms with E-state index in [9.17, 15) is 15.0 Å². The summed E-state index contributed by atoms with van der Waals surface area (Å²) >= 11 is 0.